The minimum absolute atomic E-state index is 0.246. The molecule has 1 aromatic carbocycles. The quantitative estimate of drug-likeness (QED) is 0.824. The first kappa shape index (κ1) is 14.0. The maximum absolute atomic E-state index is 5.89. The van der Waals surface area contributed by atoms with E-state index in [1.807, 2.05) is 19.1 Å². The normalized spacial score (nSPS) is 13.1. The molecule has 0 amide bonds. The van der Waals surface area contributed by atoms with Crippen LogP contribution in [0.15, 0.2) is 24.3 Å². The molecule has 2 N–H and O–H groups in total. The van der Waals surface area contributed by atoms with Crippen molar-refractivity contribution in [1.29, 1.82) is 0 Å². The number of nitrogens with two attached hydrogens (primary N) is 1. The smallest absolute Gasteiger partial charge is 0.119 e. The third kappa shape index (κ3) is 3.72. The molecule has 96 valence electrons. The summed E-state index contributed by atoms with van der Waals surface area (Å²) >= 11 is 0. The molecule has 3 nitrogen and oxygen atoms in total. The largest absolute Gasteiger partial charge is 0.494 e. The Morgan fingerprint density at radius 2 is 2.06 bits per heavy atom. The van der Waals surface area contributed by atoms with Crippen molar-refractivity contribution >= 4 is 0 Å². The monoisotopic (exact) mass is 236 g/mol. The van der Waals surface area contributed by atoms with Crippen molar-refractivity contribution in [3.05, 3.63) is 29.8 Å². The maximum atomic E-state index is 5.89. The molecule has 1 atom stereocenters. The van der Waals surface area contributed by atoms with Crippen LogP contribution in [0.4, 0.5) is 0 Å². The fraction of sp³-hybridized carbons (Fsp3) is 0.571. The average Bonchev–Trinajstić information content (AvgIpc) is 2.30. The van der Waals surface area contributed by atoms with Gasteiger partial charge in [-0.1, -0.05) is 12.1 Å². The Bertz CT molecular complexity index is 339. The standard InChI is InChI=1S/C14H24N2O/c1-5-17-13-8-6-7-12(9-13)14(10-15)16(4)11(2)3/h6-9,11,14H,5,10,15H2,1-4H3. The lowest BCUT2D eigenvalue weighted by Crippen LogP contribution is -2.35. The highest BCUT2D eigenvalue weighted by atomic mass is 16.5. The molecule has 1 aromatic rings. The van der Waals surface area contributed by atoms with Gasteiger partial charge in [-0.05, 0) is 45.5 Å². The van der Waals surface area contributed by atoms with Crippen molar-refractivity contribution < 1.29 is 4.74 Å². The molecule has 1 unspecified atom stereocenters. The molecular formula is C14H24N2O. The zero-order chi connectivity index (χ0) is 12.8. The van der Waals surface area contributed by atoms with Crippen molar-refractivity contribution in [3.8, 4) is 5.75 Å². The molecule has 0 spiro atoms. The first-order valence-electron chi connectivity index (χ1n) is 6.24. The zero-order valence-corrected chi connectivity index (χ0v) is 11.3. The van der Waals surface area contributed by atoms with Gasteiger partial charge in [0.05, 0.1) is 6.61 Å². The Hall–Kier alpha value is -1.06. The number of hydrogen-bond donors (Lipinski definition) is 1. The number of rotatable bonds is 6. The van der Waals surface area contributed by atoms with Gasteiger partial charge in [0.2, 0.25) is 0 Å². The summed E-state index contributed by atoms with van der Waals surface area (Å²) in [5.74, 6) is 0.917. The van der Waals surface area contributed by atoms with Crippen LogP contribution in [0.3, 0.4) is 0 Å². The molecule has 0 aromatic heterocycles. The molecular weight excluding hydrogens is 212 g/mol. The first-order chi connectivity index (χ1) is 8.10. The Morgan fingerprint density at radius 1 is 1.35 bits per heavy atom. The van der Waals surface area contributed by atoms with Crippen molar-refractivity contribution in [2.45, 2.75) is 32.9 Å². The van der Waals surface area contributed by atoms with Gasteiger partial charge in [0.1, 0.15) is 5.75 Å². The minimum atomic E-state index is 0.246. The summed E-state index contributed by atoms with van der Waals surface area (Å²) in [5, 5.41) is 0. The highest BCUT2D eigenvalue weighted by Crippen LogP contribution is 2.24. The highest BCUT2D eigenvalue weighted by Gasteiger charge is 2.17. The second-order valence-electron chi connectivity index (χ2n) is 4.52. The lowest BCUT2D eigenvalue weighted by atomic mass is 10.0. The summed E-state index contributed by atoms with van der Waals surface area (Å²) < 4.78 is 5.52. The number of nitrogens with zero attached hydrogens (tertiary/aromatic N) is 1. The van der Waals surface area contributed by atoms with E-state index in [1.54, 1.807) is 0 Å². The van der Waals surface area contributed by atoms with Crippen LogP contribution >= 0.6 is 0 Å². The molecule has 17 heavy (non-hydrogen) atoms. The van der Waals surface area contributed by atoms with Crippen LogP contribution in [-0.4, -0.2) is 31.1 Å². The first-order valence-corrected chi connectivity index (χ1v) is 6.24. The molecule has 0 fully saturated rings. The van der Waals surface area contributed by atoms with Gasteiger partial charge in [0.15, 0.2) is 0 Å². The van der Waals surface area contributed by atoms with Crippen molar-refractivity contribution in [1.82, 2.24) is 4.90 Å². The van der Waals surface area contributed by atoms with E-state index in [4.69, 9.17) is 10.5 Å². The van der Waals surface area contributed by atoms with Crippen LogP contribution in [0.1, 0.15) is 32.4 Å². The lowest BCUT2D eigenvalue weighted by Gasteiger charge is -2.31. The fourth-order valence-electron chi connectivity index (χ4n) is 1.88. The summed E-state index contributed by atoms with van der Waals surface area (Å²) in [6.07, 6.45) is 0. The van der Waals surface area contributed by atoms with Gasteiger partial charge < -0.3 is 10.5 Å². The molecule has 0 saturated heterocycles. The topological polar surface area (TPSA) is 38.5 Å². The van der Waals surface area contributed by atoms with Crippen LogP contribution in [0, 0.1) is 0 Å². The third-order valence-corrected chi connectivity index (χ3v) is 3.08. The van der Waals surface area contributed by atoms with Gasteiger partial charge in [-0.3, -0.25) is 4.90 Å². The van der Waals surface area contributed by atoms with Crippen molar-refractivity contribution in [3.63, 3.8) is 0 Å². The summed E-state index contributed by atoms with van der Waals surface area (Å²) in [6.45, 7) is 7.65. The summed E-state index contributed by atoms with van der Waals surface area (Å²) in [4.78, 5) is 2.28. The second-order valence-corrected chi connectivity index (χ2v) is 4.52. The third-order valence-electron chi connectivity index (χ3n) is 3.08. The predicted octanol–water partition coefficient (Wildman–Crippen LogP) is 2.43. The molecule has 0 aliphatic heterocycles. The van der Waals surface area contributed by atoms with Crippen LogP contribution in [0.25, 0.3) is 0 Å². The minimum Gasteiger partial charge on any atom is -0.494 e. The van der Waals surface area contributed by atoms with E-state index in [2.05, 4.69) is 37.9 Å². The lowest BCUT2D eigenvalue weighted by molar-refractivity contribution is 0.200. The van der Waals surface area contributed by atoms with E-state index < -0.39 is 0 Å². The van der Waals surface area contributed by atoms with Gasteiger partial charge in [0, 0.05) is 18.6 Å². The van der Waals surface area contributed by atoms with Gasteiger partial charge in [-0.15, -0.1) is 0 Å². The SMILES string of the molecule is CCOc1cccc(C(CN)N(C)C(C)C)c1. The number of hydrogen-bond acceptors (Lipinski definition) is 3. The van der Waals surface area contributed by atoms with E-state index in [1.165, 1.54) is 5.56 Å². The second kappa shape index (κ2) is 6.62. The molecule has 1 rings (SSSR count). The number of likely N-dealkylation sites (N-methyl/N-ethyl adjacent to an activating group) is 1. The molecule has 0 aliphatic carbocycles. The van der Waals surface area contributed by atoms with E-state index in [9.17, 15) is 0 Å². The average molecular weight is 236 g/mol. The molecule has 0 saturated carbocycles. The summed E-state index contributed by atoms with van der Waals surface area (Å²) in [7, 11) is 2.11. The van der Waals surface area contributed by atoms with E-state index in [0.29, 0.717) is 19.2 Å². The molecule has 3 heteroatoms. The maximum Gasteiger partial charge on any atom is 0.119 e. The molecule has 0 heterocycles. The van der Waals surface area contributed by atoms with Crippen LogP contribution < -0.4 is 10.5 Å². The van der Waals surface area contributed by atoms with Crippen molar-refractivity contribution in [2.24, 2.45) is 5.73 Å². The number of ether oxygens (including phenoxy) is 1. The van der Waals surface area contributed by atoms with E-state index in [-0.39, 0.29) is 6.04 Å². The Morgan fingerprint density at radius 3 is 2.59 bits per heavy atom. The zero-order valence-electron chi connectivity index (χ0n) is 11.3. The van der Waals surface area contributed by atoms with Crippen LogP contribution in [-0.2, 0) is 0 Å². The van der Waals surface area contributed by atoms with Gasteiger partial charge in [0.25, 0.3) is 0 Å². The van der Waals surface area contributed by atoms with Gasteiger partial charge >= 0.3 is 0 Å². The van der Waals surface area contributed by atoms with Crippen molar-refractivity contribution in [2.75, 3.05) is 20.2 Å². The summed E-state index contributed by atoms with van der Waals surface area (Å²) in [5.41, 5.74) is 7.10. The molecule has 0 aliphatic rings. The molecule has 0 radical (unpaired) electrons. The highest BCUT2D eigenvalue weighted by molar-refractivity contribution is 5.30. The van der Waals surface area contributed by atoms with Gasteiger partial charge in [-0.2, -0.15) is 0 Å². The van der Waals surface area contributed by atoms with E-state index in [0.717, 1.165) is 5.75 Å². The van der Waals surface area contributed by atoms with Crippen LogP contribution in [0.5, 0.6) is 5.75 Å². The number of benzene rings is 1. The Balaban J connectivity index is 2.91. The van der Waals surface area contributed by atoms with E-state index >= 15 is 0 Å². The van der Waals surface area contributed by atoms with Crippen LogP contribution in [0.2, 0.25) is 0 Å². The Kier molecular flexibility index (Phi) is 5.45. The Labute approximate surface area is 105 Å². The van der Waals surface area contributed by atoms with Gasteiger partial charge in [-0.25, -0.2) is 0 Å². The molecule has 0 bridgehead atoms. The predicted molar refractivity (Wildman–Crippen MR) is 72.3 cm³/mol. The summed E-state index contributed by atoms with van der Waals surface area (Å²) in [6, 6.07) is 8.92. The fourth-order valence-corrected chi connectivity index (χ4v) is 1.88.